The smallest absolute Gasteiger partial charge is 0.255 e. The van der Waals surface area contributed by atoms with Crippen LogP contribution in [0.3, 0.4) is 0 Å². The molecule has 2 aliphatic rings. The van der Waals surface area contributed by atoms with Crippen molar-refractivity contribution in [2.24, 2.45) is 5.92 Å². The first-order chi connectivity index (χ1) is 13.7. The summed E-state index contributed by atoms with van der Waals surface area (Å²) in [7, 11) is 0. The van der Waals surface area contributed by atoms with Crippen LogP contribution in [0, 0.1) is 5.92 Å². The minimum atomic E-state index is 0.0884. The van der Waals surface area contributed by atoms with Crippen LogP contribution in [0.2, 0.25) is 0 Å². The summed E-state index contributed by atoms with van der Waals surface area (Å²) in [5.74, 6) is 0.926. The van der Waals surface area contributed by atoms with Crippen molar-refractivity contribution >= 4 is 23.0 Å². The third kappa shape index (κ3) is 4.46. The number of anilines is 3. The van der Waals surface area contributed by atoms with Gasteiger partial charge in [0.1, 0.15) is 0 Å². The molecule has 0 saturated carbocycles. The van der Waals surface area contributed by atoms with Gasteiger partial charge in [0, 0.05) is 43.8 Å². The number of rotatable bonds is 4. The molecule has 1 amide bonds. The summed E-state index contributed by atoms with van der Waals surface area (Å²) in [6.45, 7) is 6.32. The summed E-state index contributed by atoms with van der Waals surface area (Å²) in [6.07, 6.45) is 9.39. The maximum Gasteiger partial charge on any atom is 0.255 e. The number of aromatic nitrogens is 1. The highest BCUT2D eigenvalue weighted by atomic mass is 16.2. The third-order valence-corrected chi connectivity index (χ3v) is 5.93. The zero-order chi connectivity index (χ0) is 19.3. The maximum atomic E-state index is 12.7. The Bertz CT molecular complexity index is 791. The van der Waals surface area contributed by atoms with E-state index in [1.54, 1.807) is 12.4 Å². The molecular formula is C23H30N4O. The Morgan fingerprint density at radius 2 is 1.68 bits per heavy atom. The normalized spacial score (nSPS) is 18.2. The van der Waals surface area contributed by atoms with Gasteiger partial charge >= 0.3 is 0 Å². The number of hydrogen-bond donors (Lipinski definition) is 1. The Morgan fingerprint density at radius 1 is 0.964 bits per heavy atom. The third-order valence-electron chi connectivity index (χ3n) is 5.93. The van der Waals surface area contributed by atoms with Crippen LogP contribution < -0.4 is 10.2 Å². The fourth-order valence-electron chi connectivity index (χ4n) is 4.09. The quantitative estimate of drug-likeness (QED) is 0.839. The molecule has 5 nitrogen and oxygen atoms in total. The minimum Gasteiger partial charge on any atom is -0.372 e. The Labute approximate surface area is 167 Å². The van der Waals surface area contributed by atoms with E-state index in [4.69, 9.17) is 0 Å². The average molecular weight is 379 g/mol. The van der Waals surface area contributed by atoms with E-state index in [2.05, 4.69) is 46.4 Å². The molecule has 3 heterocycles. The van der Waals surface area contributed by atoms with Crippen molar-refractivity contribution in [2.75, 3.05) is 36.4 Å². The number of benzene rings is 1. The molecule has 0 radical (unpaired) electrons. The van der Waals surface area contributed by atoms with Crippen molar-refractivity contribution in [3.63, 3.8) is 0 Å². The topological polar surface area (TPSA) is 48.5 Å². The highest BCUT2D eigenvalue weighted by molar-refractivity contribution is 5.95. The fourth-order valence-corrected chi connectivity index (χ4v) is 4.09. The number of hydrogen-bond acceptors (Lipinski definition) is 4. The van der Waals surface area contributed by atoms with Crippen LogP contribution in [0.4, 0.5) is 17.1 Å². The van der Waals surface area contributed by atoms with Gasteiger partial charge < -0.3 is 15.1 Å². The summed E-state index contributed by atoms with van der Waals surface area (Å²) in [4.78, 5) is 21.4. The van der Waals surface area contributed by atoms with Crippen LogP contribution in [-0.4, -0.2) is 42.0 Å². The van der Waals surface area contributed by atoms with Gasteiger partial charge in [-0.1, -0.05) is 6.92 Å². The highest BCUT2D eigenvalue weighted by Crippen LogP contribution is 2.25. The number of pyridine rings is 1. The van der Waals surface area contributed by atoms with Gasteiger partial charge in [0.15, 0.2) is 0 Å². The molecule has 0 spiro atoms. The second kappa shape index (κ2) is 8.63. The lowest BCUT2D eigenvalue weighted by Crippen LogP contribution is -2.35. The molecule has 2 aliphatic heterocycles. The maximum absolute atomic E-state index is 12.7. The lowest BCUT2D eigenvalue weighted by atomic mass is 9.99. The van der Waals surface area contributed by atoms with Crippen LogP contribution in [0.1, 0.15) is 49.4 Å². The number of nitrogens with zero attached hydrogens (tertiary/aromatic N) is 3. The van der Waals surface area contributed by atoms with Crippen LogP contribution in [0.5, 0.6) is 0 Å². The molecular weight excluding hydrogens is 348 g/mol. The van der Waals surface area contributed by atoms with Gasteiger partial charge in [-0.3, -0.25) is 9.78 Å². The van der Waals surface area contributed by atoms with Crippen LogP contribution in [-0.2, 0) is 0 Å². The van der Waals surface area contributed by atoms with E-state index in [1.807, 2.05) is 11.0 Å². The van der Waals surface area contributed by atoms with Gasteiger partial charge in [-0.2, -0.15) is 0 Å². The minimum absolute atomic E-state index is 0.0884. The molecule has 148 valence electrons. The molecule has 1 N–H and O–H groups in total. The molecule has 2 fully saturated rings. The summed E-state index contributed by atoms with van der Waals surface area (Å²) >= 11 is 0. The second-order valence-electron chi connectivity index (χ2n) is 8.16. The van der Waals surface area contributed by atoms with Gasteiger partial charge in [-0.05, 0) is 68.4 Å². The molecule has 0 aliphatic carbocycles. The van der Waals surface area contributed by atoms with E-state index in [-0.39, 0.29) is 5.91 Å². The van der Waals surface area contributed by atoms with Crippen molar-refractivity contribution in [3.8, 4) is 0 Å². The van der Waals surface area contributed by atoms with Crippen molar-refractivity contribution < 1.29 is 4.79 Å². The number of piperidine rings is 2. The van der Waals surface area contributed by atoms with Gasteiger partial charge in [0.2, 0.25) is 0 Å². The summed E-state index contributed by atoms with van der Waals surface area (Å²) in [6, 6.07) is 10.5. The average Bonchev–Trinajstić information content (AvgIpc) is 2.75. The SMILES string of the molecule is CC1CCN(c2ccc(Nc3cncc(C(=O)N4CCCCC4)c3)cc2)CC1. The molecule has 1 aromatic heterocycles. The molecule has 2 saturated heterocycles. The largest absolute Gasteiger partial charge is 0.372 e. The standard InChI is InChI=1S/C23H30N4O/c1-18-9-13-26(14-10-18)22-7-5-20(6-8-22)25-21-15-19(16-24-17-21)23(28)27-11-3-2-4-12-27/h5-8,15-18,25H,2-4,9-14H2,1H3. The van der Waals surface area contributed by atoms with Gasteiger partial charge in [-0.25, -0.2) is 0 Å². The number of amides is 1. The molecule has 5 heteroatoms. The first-order valence-electron chi connectivity index (χ1n) is 10.6. The van der Waals surface area contributed by atoms with Gasteiger partial charge in [0.25, 0.3) is 5.91 Å². The number of carbonyl (C=O) groups excluding carboxylic acids is 1. The van der Waals surface area contributed by atoms with E-state index in [9.17, 15) is 4.79 Å². The Morgan fingerprint density at radius 3 is 2.39 bits per heavy atom. The van der Waals surface area contributed by atoms with Gasteiger partial charge in [-0.15, -0.1) is 0 Å². The van der Waals surface area contributed by atoms with E-state index < -0.39 is 0 Å². The van der Waals surface area contributed by atoms with Crippen molar-refractivity contribution in [2.45, 2.75) is 39.0 Å². The molecule has 28 heavy (non-hydrogen) atoms. The molecule has 2 aromatic rings. The van der Waals surface area contributed by atoms with E-state index in [0.717, 1.165) is 56.3 Å². The monoisotopic (exact) mass is 378 g/mol. The Kier molecular flexibility index (Phi) is 5.79. The van der Waals surface area contributed by atoms with Crippen molar-refractivity contribution in [1.82, 2.24) is 9.88 Å². The summed E-state index contributed by atoms with van der Waals surface area (Å²) in [5.41, 5.74) is 3.80. The van der Waals surface area contributed by atoms with Crippen LogP contribution in [0.25, 0.3) is 0 Å². The molecule has 1 aromatic carbocycles. The number of nitrogens with one attached hydrogen (secondary N) is 1. The van der Waals surface area contributed by atoms with Crippen LogP contribution in [0.15, 0.2) is 42.7 Å². The Balaban J connectivity index is 1.40. The highest BCUT2D eigenvalue weighted by Gasteiger charge is 2.19. The molecule has 4 rings (SSSR count). The zero-order valence-corrected chi connectivity index (χ0v) is 16.7. The molecule has 0 bridgehead atoms. The van der Waals surface area contributed by atoms with E-state index >= 15 is 0 Å². The van der Waals surface area contributed by atoms with Crippen molar-refractivity contribution in [3.05, 3.63) is 48.3 Å². The predicted molar refractivity (Wildman–Crippen MR) is 114 cm³/mol. The predicted octanol–water partition coefficient (Wildman–Crippen LogP) is 4.69. The summed E-state index contributed by atoms with van der Waals surface area (Å²) < 4.78 is 0. The molecule has 0 atom stereocenters. The first-order valence-corrected chi connectivity index (χ1v) is 10.6. The Hall–Kier alpha value is -2.56. The number of likely N-dealkylation sites (tertiary alicyclic amines) is 1. The van der Waals surface area contributed by atoms with Gasteiger partial charge in [0.05, 0.1) is 17.4 Å². The van der Waals surface area contributed by atoms with E-state index in [1.165, 1.54) is 24.9 Å². The first kappa shape index (κ1) is 18.8. The fraction of sp³-hybridized carbons (Fsp3) is 0.478. The second-order valence-corrected chi connectivity index (χ2v) is 8.16. The summed E-state index contributed by atoms with van der Waals surface area (Å²) in [5, 5.41) is 3.39. The van der Waals surface area contributed by atoms with Crippen LogP contribution >= 0.6 is 0 Å². The number of carbonyl (C=O) groups is 1. The lowest BCUT2D eigenvalue weighted by Gasteiger charge is -2.32. The van der Waals surface area contributed by atoms with E-state index in [0.29, 0.717) is 5.56 Å². The lowest BCUT2D eigenvalue weighted by molar-refractivity contribution is 0.0724. The van der Waals surface area contributed by atoms with Crippen molar-refractivity contribution in [1.29, 1.82) is 0 Å². The molecule has 0 unspecified atom stereocenters. The zero-order valence-electron chi connectivity index (χ0n) is 16.7.